The fourth-order valence-corrected chi connectivity index (χ4v) is 2.23. The van der Waals surface area contributed by atoms with E-state index in [1.807, 2.05) is 24.3 Å². The van der Waals surface area contributed by atoms with E-state index in [4.69, 9.17) is 11.6 Å². The van der Waals surface area contributed by atoms with Gasteiger partial charge in [-0.05, 0) is 18.2 Å². The molecule has 0 aliphatic heterocycles. The molecule has 3 aromatic heterocycles. The number of aromatic amines is 1. The van der Waals surface area contributed by atoms with Crippen molar-refractivity contribution >= 4 is 22.6 Å². The third-order valence-electron chi connectivity index (χ3n) is 3.07. The Kier molecular flexibility index (Phi) is 2.68. The number of nitrogens with one attached hydrogen (secondary N) is 1. The number of para-hydroxylation sites is 2. The van der Waals surface area contributed by atoms with Crippen molar-refractivity contribution in [1.29, 1.82) is 0 Å². The summed E-state index contributed by atoms with van der Waals surface area (Å²) in [5, 5.41) is 8.78. The molecule has 4 aromatic rings. The smallest absolute Gasteiger partial charge is 0.160 e. The molecule has 3 heterocycles. The third kappa shape index (κ3) is 2.15. The lowest BCUT2D eigenvalue weighted by Crippen LogP contribution is -1.97. The zero-order valence-corrected chi connectivity index (χ0v) is 11.5. The van der Waals surface area contributed by atoms with Gasteiger partial charge in [0.1, 0.15) is 5.69 Å². The summed E-state index contributed by atoms with van der Waals surface area (Å²) < 4.78 is 1.56. The van der Waals surface area contributed by atoms with E-state index in [-0.39, 0.29) is 0 Å². The first-order valence-corrected chi connectivity index (χ1v) is 6.67. The molecule has 0 amide bonds. The summed E-state index contributed by atoms with van der Waals surface area (Å²) >= 11 is 5.95. The summed E-state index contributed by atoms with van der Waals surface area (Å²) in [6.07, 6.45) is 3.39. The minimum absolute atomic E-state index is 0.598. The predicted octanol–water partition coefficient (Wildman–Crippen LogP) is 2.86. The highest BCUT2D eigenvalue weighted by atomic mass is 35.5. The second kappa shape index (κ2) is 4.68. The Hall–Kier alpha value is -2.73. The number of aromatic nitrogens is 6. The second-order valence-electron chi connectivity index (χ2n) is 4.48. The number of halogens is 1. The normalized spacial score (nSPS) is 11.1. The first-order valence-electron chi connectivity index (χ1n) is 6.29. The van der Waals surface area contributed by atoms with Crippen LogP contribution in [-0.4, -0.2) is 29.9 Å². The van der Waals surface area contributed by atoms with E-state index in [0.29, 0.717) is 22.4 Å². The molecular weight excluding hydrogens is 288 g/mol. The Morgan fingerprint density at radius 1 is 1.14 bits per heavy atom. The Bertz CT molecular complexity index is 893. The molecule has 0 saturated carbocycles. The lowest BCUT2D eigenvalue weighted by Gasteiger charge is -1.97. The van der Waals surface area contributed by atoms with Gasteiger partial charge in [0.25, 0.3) is 0 Å². The van der Waals surface area contributed by atoms with Crippen molar-refractivity contribution in [2.24, 2.45) is 0 Å². The number of hydrogen-bond donors (Lipinski definition) is 1. The van der Waals surface area contributed by atoms with Crippen LogP contribution in [0.4, 0.5) is 0 Å². The highest BCUT2D eigenvalue weighted by molar-refractivity contribution is 6.30. The van der Waals surface area contributed by atoms with Gasteiger partial charge in [0.05, 0.1) is 17.2 Å². The standard InChI is InChI=1S/C14H9ClN6/c15-9-5-6-16-13(7-9)21-8-12(19-20-21)14-17-10-3-1-2-4-11(10)18-14/h1-8H,(H,17,18). The largest absolute Gasteiger partial charge is 0.337 e. The van der Waals surface area contributed by atoms with Crippen LogP contribution in [0.5, 0.6) is 0 Å². The Morgan fingerprint density at radius 3 is 2.90 bits per heavy atom. The average Bonchev–Trinajstić information content (AvgIpc) is 3.14. The molecule has 4 rings (SSSR count). The maximum Gasteiger partial charge on any atom is 0.160 e. The molecule has 102 valence electrons. The molecule has 21 heavy (non-hydrogen) atoms. The van der Waals surface area contributed by atoms with Crippen LogP contribution in [-0.2, 0) is 0 Å². The van der Waals surface area contributed by atoms with Crippen LogP contribution >= 0.6 is 11.6 Å². The molecule has 7 heteroatoms. The Balaban J connectivity index is 1.77. The van der Waals surface area contributed by atoms with Crippen molar-refractivity contribution in [2.75, 3.05) is 0 Å². The average molecular weight is 297 g/mol. The maximum absolute atomic E-state index is 5.95. The maximum atomic E-state index is 5.95. The SMILES string of the molecule is Clc1ccnc(-n2cc(-c3nc4ccccc4[nH]3)nn2)c1. The molecule has 0 atom stereocenters. The monoisotopic (exact) mass is 296 g/mol. The van der Waals surface area contributed by atoms with Crippen molar-refractivity contribution < 1.29 is 0 Å². The van der Waals surface area contributed by atoms with Crippen molar-refractivity contribution in [3.05, 3.63) is 53.8 Å². The minimum atomic E-state index is 0.598. The van der Waals surface area contributed by atoms with E-state index >= 15 is 0 Å². The summed E-state index contributed by atoms with van der Waals surface area (Å²) in [6, 6.07) is 11.2. The van der Waals surface area contributed by atoms with Gasteiger partial charge in [-0.3, -0.25) is 0 Å². The summed E-state index contributed by atoms with van der Waals surface area (Å²) in [6.45, 7) is 0. The van der Waals surface area contributed by atoms with Gasteiger partial charge >= 0.3 is 0 Å². The van der Waals surface area contributed by atoms with Gasteiger partial charge in [0.15, 0.2) is 11.6 Å². The van der Waals surface area contributed by atoms with Gasteiger partial charge in [0, 0.05) is 17.3 Å². The number of benzene rings is 1. The third-order valence-corrected chi connectivity index (χ3v) is 3.30. The number of pyridine rings is 1. The van der Waals surface area contributed by atoms with Gasteiger partial charge in [-0.2, -0.15) is 0 Å². The molecule has 0 fully saturated rings. The molecule has 0 aliphatic rings. The fraction of sp³-hybridized carbons (Fsp3) is 0. The van der Waals surface area contributed by atoms with Crippen molar-refractivity contribution in [2.45, 2.75) is 0 Å². The van der Waals surface area contributed by atoms with Crippen molar-refractivity contribution in [1.82, 2.24) is 29.9 Å². The number of imidazole rings is 1. The van der Waals surface area contributed by atoms with Crippen molar-refractivity contribution in [3.8, 4) is 17.3 Å². The van der Waals surface area contributed by atoms with Crippen LogP contribution < -0.4 is 0 Å². The van der Waals surface area contributed by atoms with E-state index in [2.05, 4.69) is 25.3 Å². The molecular formula is C14H9ClN6. The van der Waals surface area contributed by atoms with Crippen LogP contribution in [0.1, 0.15) is 0 Å². The minimum Gasteiger partial charge on any atom is -0.337 e. The topological polar surface area (TPSA) is 72.3 Å². The van der Waals surface area contributed by atoms with E-state index < -0.39 is 0 Å². The first kappa shape index (κ1) is 12.0. The number of fused-ring (bicyclic) bond motifs is 1. The molecule has 0 aliphatic carbocycles. The van der Waals surface area contributed by atoms with Crippen molar-refractivity contribution in [3.63, 3.8) is 0 Å². The molecule has 0 saturated heterocycles. The van der Waals surface area contributed by atoms with Gasteiger partial charge in [-0.1, -0.05) is 28.9 Å². The quantitative estimate of drug-likeness (QED) is 0.617. The zero-order chi connectivity index (χ0) is 14.2. The second-order valence-corrected chi connectivity index (χ2v) is 4.92. The van der Waals surface area contributed by atoms with Crippen LogP contribution in [0.25, 0.3) is 28.4 Å². The molecule has 1 N–H and O–H groups in total. The summed E-state index contributed by atoms with van der Waals surface area (Å²) in [5.41, 5.74) is 2.50. The number of rotatable bonds is 2. The van der Waals surface area contributed by atoms with E-state index in [1.165, 1.54) is 0 Å². The first-order chi connectivity index (χ1) is 10.3. The molecule has 0 unspecified atom stereocenters. The highest BCUT2D eigenvalue weighted by Crippen LogP contribution is 2.19. The summed E-state index contributed by atoms with van der Waals surface area (Å²) in [5.74, 6) is 1.28. The van der Waals surface area contributed by atoms with E-state index in [1.54, 1.807) is 29.2 Å². The number of H-pyrrole nitrogens is 1. The highest BCUT2D eigenvalue weighted by Gasteiger charge is 2.10. The van der Waals surface area contributed by atoms with Gasteiger partial charge < -0.3 is 4.98 Å². The molecule has 0 radical (unpaired) electrons. The van der Waals surface area contributed by atoms with E-state index in [0.717, 1.165) is 11.0 Å². The summed E-state index contributed by atoms with van der Waals surface area (Å²) in [4.78, 5) is 11.9. The lowest BCUT2D eigenvalue weighted by molar-refractivity contribution is 0.782. The Labute approximate surface area is 124 Å². The van der Waals surface area contributed by atoms with Gasteiger partial charge in [-0.25, -0.2) is 14.6 Å². The molecule has 1 aromatic carbocycles. The van der Waals surface area contributed by atoms with Gasteiger partial charge in [0.2, 0.25) is 0 Å². The molecule has 0 bridgehead atoms. The van der Waals surface area contributed by atoms with Crippen LogP contribution in [0.15, 0.2) is 48.8 Å². The molecule has 0 spiro atoms. The van der Waals surface area contributed by atoms with Crippen LogP contribution in [0, 0.1) is 0 Å². The molecule has 6 nitrogen and oxygen atoms in total. The summed E-state index contributed by atoms with van der Waals surface area (Å²) in [7, 11) is 0. The van der Waals surface area contributed by atoms with Crippen LogP contribution in [0.2, 0.25) is 5.02 Å². The number of hydrogen-bond acceptors (Lipinski definition) is 4. The van der Waals surface area contributed by atoms with E-state index in [9.17, 15) is 0 Å². The Morgan fingerprint density at radius 2 is 2.05 bits per heavy atom. The van der Waals surface area contributed by atoms with Gasteiger partial charge in [-0.15, -0.1) is 5.10 Å². The van der Waals surface area contributed by atoms with Crippen LogP contribution in [0.3, 0.4) is 0 Å². The lowest BCUT2D eigenvalue weighted by atomic mass is 10.3. The number of nitrogens with zero attached hydrogens (tertiary/aromatic N) is 5. The zero-order valence-electron chi connectivity index (χ0n) is 10.7. The fourth-order valence-electron chi connectivity index (χ4n) is 2.08. The predicted molar refractivity (Wildman–Crippen MR) is 79.3 cm³/mol.